The van der Waals surface area contributed by atoms with Crippen LogP contribution in [0.15, 0.2) is 28.2 Å². The fraction of sp³-hybridized carbons (Fsp3) is 0.500. The van der Waals surface area contributed by atoms with Crippen LogP contribution in [0.3, 0.4) is 0 Å². The minimum absolute atomic E-state index is 0.00143. The average molecular weight is 396 g/mol. The normalized spacial score (nSPS) is 18.2. The van der Waals surface area contributed by atoms with Crippen LogP contribution in [-0.2, 0) is 16.1 Å². The molecule has 0 bridgehead atoms. The number of hydrogen-bond acceptors (Lipinski definition) is 5. The van der Waals surface area contributed by atoms with Crippen molar-refractivity contribution in [3.05, 3.63) is 33.6 Å². The monoisotopic (exact) mass is 395 g/mol. The molecule has 1 amide bonds. The van der Waals surface area contributed by atoms with E-state index in [0.29, 0.717) is 34.2 Å². The summed E-state index contributed by atoms with van der Waals surface area (Å²) in [5.74, 6) is -0.0286. The molecule has 8 heteroatoms. The molecule has 0 saturated carbocycles. The highest BCUT2D eigenvalue weighted by atomic mass is 35.5. The number of aromatic nitrogens is 2. The Morgan fingerprint density at radius 3 is 2.92 bits per heavy atom. The van der Waals surface area contributed by atoms with Gasteiger partial charge in [-0.25, -0.2) is 4.98 Å². The van der Waals surface area contributed by atoms with Gasteiger partial charge in [0.2, 0.25) is 5.91 Å². The topological polar surface area (TPSA) is 64.4 Å². The van der Waals surface area contributed by atoms with Gasteiger partial charge >= 0.3 is 0 Å². The SMILES string of the molecule is C[C@@H](Sc1nc2cc(Cl)ccc2c(=O)n1C[C@H]1CCCO1)C(=O)N(C)C. The van der Waals surface area contributed by atoms with E-state index in [-0.39, 0.29) is 22.8 Å². The summed E-state index contributed by atoms with van der Waals surface area (Å²) < 4.78 is 7.33. The van der Waals surface area contributed by atoms with Gasteiger partial charge in [0, 0.05) is 25.7 Å². The predicted molar refractivity (Wildman–Crippen MR) is 104 cm³/mol. The third-order valence-electron chi connectivity index (χ3n) is 4.36. The standard InChI is InChI=1S/C18H22ClN3O3S/c1-11(16(23)21(2)3)26-18-20-15-9-12(19)6-7-14(15)17(24)22(18)10-13-5-4-8-25-13/h6-7,9,11,13H,4-5,8,10H2,1-3H3/t11-,13-/m1/s1. The maximum atomic E-state index is 13.0. The van der Waals surface area contributed by atoms with Gasteiger partial charge in [-0.15, -0.1) is 0 Å². The van der Waals surface area contributed by atoms with Crippen molar-refractivity contribution < 1.29 is 9.53 Å². The van der Waals surface area contributed by atoms with Crippen LogP contribution in [0.5, 0.6) is 0 Å². The molecule has 0 radical (unpaired) electrons. The molecule has 2 heterocycles. The van der Waals surface area contributed by atoms with Crippen molar-refractivity contribution >= 4 is 40.2 Å². The Bertz CT molecular complexity index is 878. The molecule has 3 rings (SSSR count). The first-order chi connectivity index (χ1) is 12.4. The van der Waals surface area contributed by atoms with Crippen molar-refractivity contribution in [2.45, 2.75) is 42.8 Å². The maximum Gasteiger partial charge on any atom is 0.262 e. The van der Waals surface area contributed by atoms with Crippen molar-refractivity contribution in [2.24, 2.45) is 0 Å². The van der Waals surface area contributed by atoms with E-state index in [9.17, 15) is 9.59 Å². The summed E-state index contributed by atoms with van der Waals surface area (Å²) >= 11 is 7.35. The van der Waals surface area contributed by atoms with Gasteiger partial charge in [0.1, 0.15) is 0 Å². The first-order valence-electron chi connectivity index (χ1n) is 8.56. The van der Waals surface area contributed by atoms with Crippen LogP contribution in [0, 0.1) is 0 Å². The predicted octanol–water partition coefficient (Wildman–Crippen LogP) is 2.80. The summed E-state index contributed by atoms with van der Waals surface area (Å²) in [6.07, 6.45) is 1.91. The molecule has 0 N–H and O–H groups in total. The van der Waals surface area contributed by atoms with Crippen LogP contribution in [0.25, 0.3) is 10.9 Å². The Kier molecular flexibility index (Phi) is 5.89. The van der Waals surface area contributed by atoms with Crippen LogP contribution < -0.4 is 5.56 Å². The number of nitrogens with zero attached hydrogens (tertiary/aromatic N) is 3. The Morgan fingerprint density at radius 2 is 2.27 bits per heavy atom. The second-order valence-electron chi connectivity index (χ2n) is 6.60. The van der Waals surface area contributed by atoms with E-state index in [0.717, 1.165) is 12.8 Å². The Morgan fingerprint density at radius 1 is 1.50 bits per heavy atom. The van der Waals surface area contributed by atoms with Gasteiger partial charge in [0.15, 0.2) is 5.16 Å². The smallest absolute Gasteiger partial charge is 0.262 e. The van der Waals surface area contributed by atoms with Crippen LogP contribution >= 0.6 is 23.4 Å². The molecule has 140 valence electrons. The molecular formula is C18H22ClN3O3S. The van der Waals surface area contributed by atoms with Gasteiger partial charge in [0.05, 0.1) is 28.8 Å². The van der Waals surface area contributed by atoms with Gasteiger partial charge in [-0.2, -0.15) is 0 Å². The summed E-state index contributed by atoms with van der Waals surface area (Å²) in [5.41, 5.74) is 0.410. The number of carbonyl (C=O) groups excluding carboxylic acids is 1. The van der Waals surface area contributed by atoms with Gasteiger partial charge in [-0.3, -0.25) is 14.2 Å². The fourth-order valence-electron chi connectivity index (χ4n) is 2.99. The van der Waals surface area contributed by atoms with E-state index in [4.69, 9.17) is 16.3 Å². The first-order valence-corrected chi connectivity index (χ1v) is 9.82. The minimum atomic E-state index is -0.357. The van der Waals surface area contributed by atoms with E-state index in [2.05, 4.69) is 4.98 Å². The summed E-state index contributed by atoms with van der Waals surface area (Å²) in [6, 6.07) is 5.06. The molecule has 1 aromatic heterocycles. The molecule has 1 aromatic carbocycles. The molecule has 1 aliphatic rings. The van der Waals surface area contributed by atoms with Crippen molar-refractivity contribution in [1.29, 1.82) is 0 Å². The quantitative estimate of drug-likeness (QED) is 0.575. The molecular weight excluding hydrogens is 374 g/mol. The zero-order chi connectivity index (χ0) is 18.8. The molecule has 2 atom stereocenters. The van der Waals surface area contributed by atoms with Crippen LogP contribution in [-0.4, -0.2) is 52.4 Å². The van der Waals surface area contributed by atoms with Crippen molar-refractivity contribution in [2.75, 3.05) is 20.7 Å². The lowest BCUT2D eigenvalue weighted by molar-refractivity contribution is -0.127. The highest BCUT2D eigenvalue weighted by molar-refractivity contribution is 8.00. The molecule has 0 spiro atoms. The van der Waals surface area contributed by atoms with Crippen molar-refractivity contribution in [1.82, 2.24) is 14.5 Å². The summed E-state index contributed by atoms with van der Waals surface area (Å²) in [4.78, 5) is 31.5. The highest BCUT2D eigenvalue weighted by Gasteiger charge is 2.23. The number of carbonyl (C=O) groups is 1. The molecule has 2 aromatic rings. The number of fused-ring (bicyclic) bond motifs is 1. The first kappa shape index (κ1) is 19.2. The molecule has 26 heavy (non-hydrogen) atoms. The number of thioether (sulfide) groups is 1. The third-order valence-corrected chi connectivity index (χ3v) is 5.68. The van der Waals surface area contributed by atoms with Crippen molar-refractivity contribution in [3.8, 4) is 0 Å². The summed E-state index contributed by atoms with van der Waals surface area (Å²) in [6.45, 7) is 2.97. The average Bonchev–Trinajstić information content (AvgIpc) is 3.10. The number of halogens is 1. The van der Waals surface area contributed by atoms with Crippen LogP contribution in [0.1, 0.15) is 19.8 Å². The Balaban J connectivity index is 2.04. The number of amides is 1. The van der Waals surface area contributed by atoms with Gasteiger partial charge in [0.25, 0.3) is 5.56 Å². The number of ether oxygens (including phenoxy) is 1. The molecule has 1 saturated heterocycles. The lowest BCUT2D eigenvalue weighted by atomic mass is 10.2. The minimum Gasteiger partial charge on any atom is -0.376 e. The summed E-state index contributed by atoms with van der Waals surface area (Å²) in [5, 5.41) is 1.20. The zero-order valence-electron chi connectivity index (χ0n) is 15.1. The van der Waals surface area contributed by atoms with E-state index in [1.807, 2.05) is 6.92 Å². The lowest BCUT2D eigenvalue weighted by Crippen LogP contribution is -2.32. The van der Waals surface area contributed by atoms with Crippen LogP contribution in [0.4, 0.5) is 0 Å². The lowest BCUT2D eigenvalue weighted by Gasteiger charge is -2.20. The zero-order valence-corrected chi connectivity index (χ0v) is 16.6. The van der Waals surface area contributed by atoms with Gasteiger partial charge in [-0.1, -0.05) is 23.4 Å². The molecule has 1 aliphatic heterocycles. The molecule has 0 unspecified atom stereocenters. The van der Waals surface area contributed by atoms with E-state index in [1.54, 1.807) is 36.9 Å². The Hall–Kier alpha value is -1.57. The summed E-state index contributed by atoms with van der Waals surface area (Å²) in [7, 11) is 3.43. The molecule has 0 aliphatic carbocycles. The van der Waals surface area contributed by atoms with Gasteiger partial charge < -0.3 is 9.64 Å². The van der Waals surface area contributed by atoms with E-state index < -0.39 is 0 Å². The number of benzene rings is 1. The van der Waals surface area contributed by atoms with Crippen LogP contribution in [0.2, 0.25) is 5.02 Å². The maximum absolute atomic E-state index is 13.0. The molecule has 1 fully saturated rings. The van der Waals surface area contributed by atoms with Crippen molar-refractivity contribution in [3.63, 3.8) is 0 Å². The Labute approximate surface area is 161 Å². The third kappa shape index (κ3) is 4.05. The number of hydrogen-bond donors (Lipinski definition) is 0. The number of rotatable bonds is 5. The van der Waals surface area contributed by atoms with Gasteiger partial charge in [-0.05, 0) is 38.0 Å². The van der Waals surface area contributed by atoms with E-state index >= 15 is 0 Å². The van der Waals surface area contributed by atoms with E-state index in [1.165, 1.54) is 16.7 Å². The second-order valence-corrected chi connectivity index (χ2v) is 8.34. The second kappa shape index (κ2) is 7.98. The highest BCUT2D eigenvalue weighted by Crippen LogP contribution is 2.26. The fourth-order valence-corrected chi connectivity index (χ4v) is 4.22. The largest absolute Gasteiger partial charge is 0.376 e. The molecule has 6 nitrogen and oxygen atoms in total.